The second-order valence-corrected chi connectivity index (χ2v) is 16.8. The third-order valence-electron chi connectivity index (χ3n) is 9.17. The first kappa shape index (κ1) is 48.5. The van der Waals surface area contributed by atoms with Crippen molar-refractivity contribution >= 4 is 13.8 Å². The minimum Gasteiger partial charge on any atom is -0.457 e. The van der Waals surface area contributed by atoms with Crippen molar-refractivity contribution in [3.05, 3.63) is 0 Å². The highest BCUT2D eigenvalue weighted by molar-refractivity contribution is 7.47. The van der Waals surface area contributed by atoms with Crippen LogP contribution in [0.1, 0.15) is 194 Å². The zero-order chi connectivity index (χ0) is 36.3. The van der Waals surface area contributed by atoms with Gasteiger partial charge in [0.1, 0.15) is 19.3 Å². The largest absolute Gasteiger partial charge is 0.472 e. The molecule has 0 aromatic heterocycles. The fourth-order valence-electron chi connectivity index (χ4n) is 5.91. The van der Waals surface area contributed by atoms with Gasteiger partial charge >= 0.3 is 13.8 Å². The molecule has 0 saturated carbocycles. The maximum Gasteiger partial charge on any atom is 0.472 e. The molecule has 0 fully saturated rings. The Morgan fingerprint density at radius 1 is 0.551 bits per heavy atom. The Bertz CT molecular complexity index is 761. The van der Waals surface area contributed by atoms with Gasteiger partial charge in [0.15, 0.2) is 0 Å². The molecule has 294 valence electrons. The molecular weight excluding hydrogens is 637 g/mol. The van der Waals surface area contributed by atoms with E-state index in [1.807, 2.05) is 21.1 Å². The van der Waals surface area contributed by atoms with E-state index in [0.29, 0.717) is 24.1 Å². The number of hydrogen-bond acceptors (Lipinski definition) is 6. The number of carbonyl (C=O) groups is 1. The van der Waals surface area contributed by atoms with Crippen LogP contribution in [0.25, 0.3) is 0 Å². The van der Waals surface area contributed by atoms with Gasteiger partial charge in [-0.15, -0.1) is 0 Å². The lowest BCUT2D eigenvalue weighted by Gasteiger charge is -2.24. The van der Waals surface area contributed by atoms with Crippen LogP contribution in [-0.4, -0.2) is 75.6 Å². The van der Waals surface area contributed by atoms with Crippen LogP contribution in [0.5, 0.6) is 0 Å². The van der Waals surface area contributed by atoms with E-state index in [4.69, 9.17) is 18.5 Å². The van der Waals surface area contributed by atoms with Gasteiger partial charge in [0.2, 0.25) is 0 Å². The molecule has 0 aromatic carbocycles. The number of likely N-dealkylation sites (N-methyl/N-ethyl adjacent to an activating group) is 1. The first-order valence-electron chi connectivity index (χ1n) is 20.8. The van der Waals surface area contributed by atoms with Gasteiger partial charge in [-0.25, -0.2) is 4.57 Å². The normalized spacial score (nSPS) is 13.8. The van der Waals surface area contributed by atoms with E-state index in [1.165, 1.54) is 135 Å². The fraction of sp³-hybridized carbons (Fsp3) is 0.975. The van der Waals surface area contributed by atoms with Gasteiger partial charge in [-0.3, -0.25) is 13.8 Å². The highest BCUT2D eigenvalue weighted by atomic mass is 31.2. The summed E-state index contributed by atoms with van der Waals surface area (Å²) in [6, 6.07) is 0. The molecule has 2 atom stereocenters. The van der Waals surface area contributed by atoms with Crippen molar-refractivity contribution in [2.45, 2.75) is 200 Å². The molecule has 9 heteroatoms. The highest BCUT2D eigenvalue weighted by Gasteiger charge is 2.26. The van der Waals surface area contributed by atoms with Crippen LogP contribution in [0.3, 0.4) is 0 Å². The van der Waals surface area contributed by atoms with E-state index >= 15 is 0 Å². The smallest absolute Gasteiger partial charge is 0.457 e. The molecule has 0 saturated heterocycles. The van der Waals surface area contributed by atoms with E-state index in [-0.39, 0.29) is 25.8 Å². The van der Waals surface area contributed by atoms with Crippen molar-refractivity contribution in [3.63, 3.8) is 0 Å². The van der Waals surface area contributed by atoms with Crippen molar-refractivity contribution in [2.24, 2.45) is 0 Å². The molecule has 0 rings (SSSR count). The number of phosphoric ester groups is 1. The number of rotatable bonds is 39. The number of esters is 1. The van der Waals surface area contributed by atoms with Crippen LogP contribution in [0.2, 0.25) is 0 Å². The monoisotopic (exact) mass is 721 g/mol. The molecule has 49 heavy (non-hydrogen) atoms. The van der Waals surface area contributed by atoms with Crippen molar-refractivity contribution in [1.29, 1.82) is 0 Å². The molecule has 0 heterocycles. The first-order chi connectivity index (χ1) is 23.6. The third-order valence-corrected chi connectivity index (χ3v) is 10.2. The number of phosphoric acid groups is 1. The molecule has 0 aliphatic heterocycles. The van der Waals surface area contributed by atoms with Gasteiger partial charge in [0.05, 0.1) is 34.4 Å². The summed E-state index contributed by atoms with van der Waals surface area (Å²) in [5.41, 5.74) is 0. The fourth-order valence-corrected chi connectivity index (χ4v) is 6.65. The van der Waals surface area contributed by atoms with E-state index < -0.39 is 13.9 Å². The number of nitrogens with zero attached hydrogens (tertiary/aromatic N) is 1. The Balaban J connectivity index is 3.90. The predicted octanol–water partition coefficient (Wildman–Crippen LogP) is 11.7. The van der Waals surface area contributed by atoms with E-state index in [1.54, 1.807) is 0 Å². The SMILES string of the molecule is CCCCCCCCCCCCCCCCCCCCCCCCOCC(COP(=O)(O)OCC[N+](C)(C)C)OC(=O)CCCCCCC. The van der Waals surface area contributed by atoms with Gasteiger partial charge in [0.25, 0.3) is 0 Å². The lowest BCUT2D eigenvalue weighted by molar-refractivity contribution is -0.870. The maximum absolute atomic E-state index is 12.4. The molecule has 0 bridgehead atoms. The summed E-state index contributed by atoms with van der Waals surface area (Å²) < 4.78 is 34.7. The van der Waals surface area contributed by atoms with Gasteiger partial charge < -0.3 is 18.9 Å². The van der Waals surface area contributed by atoms with Gasteiger partial charge in [-0.2, -0.15) is 0 Å². The second-order valence-electron chi connectivity index (χ2n) is 15.4. The van der Waals surface area contributed by atoms with Gasteiger partial charge in [-0.05, 0) is 12.8 Å². The summed E-state index contributed by atoms with van der Waals surface area (Å²) in [5.74, 6) is -0.322. The first-order valence-corrected chi connectivity index (χ1v) is 22.3. The van der Waals surface area contributed by atoms with E-state index in [0.717, 1.165) is 38.5 Å². The maximum atomic E-state index is 12.4. The van der Waals surface area contributed by atoms with Crippen molar-refractivity contribution < 1.29 is 37.3 Å². The van der Waals surface area contributed by atoms with E-state index in [2.05, 4.69) is 13.8 Å². The standard InChI is InChI=1S/C40H82NO7P/c1-6-8-10-12-13-14-15-16-17-18-19-20-21-22-23-24-25-26-27-28-30-32-35-45-37-39(48-40(42)33-31-29-11-9-7-2)38-47-49(43,44)46-36-34-41(3,4)5/h39H,6-38H2,1-5H3/p+1. The topological polar surface area (TPSA) is 91.3 Å². The quantitative estimate of drug-likeness (QED) is 0.0292. The van der Waals surface area contributed by atoms with Crippen molar-refractivity contribution in [3.8, 4) is 0 Å². The van der Waals surface area contributed by atoms with Crippen molar-refractivity contribution in [2.75, 3.05) is 54.1 Å². The summed E-state index contributed by atoms with van der Waals surface area (Å²) in [6.07, 6.45) is 34.7. The Kier molecular flexibility index (Phi) is 34.2. The van der Waals surface area contributed by atoms with Crippen LogP contribution >= 0.6 is 7.82 Å². The predicted molar refractivity (Wildman–Crippen MR) is 206 cm³/mol. The van der Waals surface area contributed by atoms with Crippen LogP contribution in [-0.2, 0) is 27.9 Å². The molecular formula is C40H83NO7P+. The average Bonchev–Trinajstić information content (AvgIpc) is 3.04. The molecule has 0 aliphatic carbocycles. The highest BCUT2D eigenvalue weighted by Crippen LogP contribution is 2.43. The summed E-state index contributed by atoms with van der Waals surface area (Å²) in [4.78, 5) is 22.5. The molecule has 8 nitrogen and oxygen atoms in total. The lowest BCUT2D eigenvalue weighted by Crippen LogP contribution is -2.37. The zero-order valence-electron chi connectivity index (χ0n) is 33.2. The molecule has 0 radical (unpaired) electrons. The summed E-state index contributed by atoms with van der Waals surface area (Å²) in [5, 5.41) is 0. The van der Waals surface area contributed by atoms with Crippen LogP contribution in [0.15, 0.2) is 0 Å². The summed E-state index contributed by atoms with van der Waals surface area (Å²) >= 11 is 0. The zero-order valence-corrected chi connectivity index (χ0v) is 34.1. The number of hydrogen-bond donors (Lipinski definition) is 1. The van der Waals surface area contributed by atoms with Crippen LogP contribution in [0.4, 0.5) is 0 Å². The summed E-state index contributed by atoms with van der Waals surface area (Å²) in [7, 11) is 1.68. The number of ether oxygens (including phenoxy) is 2. The molecule has 0 amide bonds. The van der Waals surface area contributed by atoms with Crippen molar-refractivity contribution in [1.82, 2.24) is 0 Å². The van der Waals surface area contributed by atoms with Crippen LogP contribution < -0.4 is 0 Å². The van der Waals surface area contributed by atoms with Gasteiger partial charge in [-0.1, -0.05) is 174 Å². The number of unbranched alkanes of at least 4 members (excludes halogenated alkanes) is 25. The Morgan fingerprint density at radius 3 is 1.35 bits per heavy atom. The van der Waals surface area contributed by atoms with Crippen LogP contribution in [0, 0.1) is 0 Å². The lowest BCUT2D eigenvalue weighted by atomic mass is 10.0. The third kappa shape index (κ3) is 38.6. The molecule has 0 aliphatic rings. The Hall–Kier alpha value is -0.500. The second kappa shape index (κ2) is 34.6. The minimum atomic E-state index is -4.25. The summed E-state index contributed by atoms with van der Waals surface area (Å²) in [6.45, 7) is 5.58. The van der Waals surface area contributed by atoms with Gasteiger partial charge in [0, 0.05) is 13.0 Å². The molecule has 1 N–H and O–H groups in total. The molecule has 0 aromatic rings. The Morgan fingerprint density at radius 2 is 0.939 bits per heavy atom. The number of carbonyl (C=O) groups excluding carboxylic acids is 1. The van der Waals surface area contributed by atoms with E-state index in [9.17, 15) is 14.3 Å². The molecule has 2 unspecified atom stereocenters. The molecule has 0 spiro atoms. The Labute approximate surface area is 304 Å². The minimum absolute atomic E-state index is 0.0928. The average molecular weight is 721 g/mol. The number of quaternary nitrogens is 1.